The molecule has 11 heteroatoms. The lowest BCUT2D eigenvalue weighted by Gasteiger charge is -2.23. The molecule has 1 fully saturated rings. The van der Waals surface area contributed by atoms with Crippen molar-refractivity contribution in [3.63, 3.8) is 0 Å². The second-order valence-corrected chi connectivity index (χ2v) is 7.29. The standard InChI is InChI=1S/C21H22N8O3/c22-3-4-29(5-6-30)12-16(13-31)27-17-7-15(9-24-18(17)8-23)19-10-26-20(11-25-19)28-21(32)14-1-2-14/h7,9-11,13-14,16,27,30H,1-2,4-6,12H2,(H,26,28,32)/t16-/m0/s1. The molecule has 11 nitrogen and oxygen atoms in total. The van der Waals surface area contributed by atoms with Gasteiger partial charge in [0.15, 0.2) is 11.5 Å². The van der Waals surface area contributed by atoms with Crippen LogP contribution < -0.4 is 10.6 Å². The van der Waals surface area contributed by atoms with Gasteiger partial charge in [-0.3, -0.25) is 14.7 Å². The van der Waals surface area contributed by atoms with Crippen molar-refractivity contribution in [2.24, 2.45) is 5.92 Å². The predicted octanol–water partition coefficient (Wildman–Crippen LogP) is 0.556. The molecule has 0 aliphatic heterocycles. The molecule has 2 aromatic rings. The molecule has 1 atom stereocenters. The Morgan fingerprint density at radius 2 is 2.09 bits per heavy atom. The Hall–Kier alpha value is -3.93. The molecule has 1 aliphatic carbocycles. The van der Waals surface area contributed by atoms with Gasteiger partial charge in [0.2, 0.25) is 5.91 Å². The third kappa shape index (κ3) is 6.04. The number of anilines is 2. The van der Waals surface area contributed by atoms with Crippen LogP contribution in [0.4, 0.5) is 11.5 Å². The van der Waals surface area contributed by atoms with Gasteiger partial charge in [0, 0.05) is 30.8 Å². The first kappa shape index (κ1) is 22.7. The number of nitriles is 2. The van der Waals surface area contributed by atoms with Crippen molar-refractivity contribution in [2.75, 3.05) is 36.9 Å². The van der Waals surface area contributed by atoms with Crippen LogP contribution in [0.15, 0.2) is 24.7 Å². The van der Waals surface area contributed by atoms with E-state index in [1.54, 1.807) is 11.0 Å². The molecule has 0 unspecified atom stereocenters. The molecule has 3 rings (SSSR count). The fourth-order valence-electron chi connectivity index (χ4n) is 3.00. The Labute approximate surface area is 184 Å². The van der Waals surface area contributed by atoms with Crippen LogP contribution in [0.25, 0.3) is 11.3 Å². The van der Waals surface area contributed by atoms with Gasteiger partial charge in [0.25, 0.3) is 0 Å². The topological polar surface area (TPSA) is 168 Å². The number of hydrogen-bond acceptors (Lipinski definition) is 10. The molecule has 2 heterocycles. The van der Waals surface area contributed by atoms with Gasteiger partial charge in [0.1, 0.15) is 12.4 Å². The highest BCUT2D eigenvalue weighted by atomic mass is 16.3. The lowest BCUT2D eigenvalue weighted by Crippen LogP contribution is -2.39. The number of carbonyl (C=O) groups is 2. The minimum atomic E-state index is -0.731. The van der Waals surface area contributed by atoms with Crippen molar-refractivity contribution >= 4 is 23.7 Å². The lowest BCUT2D eigenvalue weighted by atomic mass is 10.1. The van der Waals surface area contributed by atoms with Gasteiger partial charge in [-0.2, -0.15) is 10.5 Å². The third-order valence-electron chi connectivity index (χ3n) is 4.81. The number of pyridine rings is 1. The molecule has 3 N–H and O–H groups in total. The van der Waals surface area contributed by atoms with Crippen molar-refractivity contribution in [2.45, 2.75) is 18.9 Å². The molecule has 1 saturated carbocycles. The first-order chi connectivity index (χ1) is 15.6. The number of aldehydes is 1. The first-order valence-corrected chi connectivity index (χ1v) is 10.0. The van der Waals surface area contributed by atoms with Crippen LogP contribution in [0.2, 0.25) is 0 Å². The molecule has 0 radical (unpaired) electrons. The summed E-state index contributed by atoms with van der Waals surface area (Å²) in [5.41, 5.74) is 1.46. The summed E-state index contributed by atoms with van der Waals surface area (Å²) in [5, 5.41) is 33.1. The molecule has 0 bridgehead atoms. The number of amides is 1. The maximum absolute atomic E-state index is 11.8. The van der Waals surface area contributed by atoms with Crippen molar-refractivity contribution in [3.05, 3.63) is 30.4 Å². The average molecular weight is 434 g/mol. The van der Waals surface area contributed by atoms with Gasteiger partial charge < -0.3 is 20.5 Å². The van der Waals surface area contributed by atoms with E-state index in [4.69, 9.17) is 10.4 Å². The molecule has 32 heavy (non-hydrogen) atoms. The molecule has 164 valence electrons. The van der Waals surface area contributed by atoms with Crippen LogP contribution in [-0.4, -0.2) is 69.4 Å². The highest BCUT2D eigenvalue weighted by Gasteiger charge is 2.29. The van der Waals surface area contributed by atoms with E-state index in [2.05, 4.69) is 25.6 Å². The van der Waals surface area contributed by atoms with Gasteiger partial charge in [-0.05, 0) is 18.9 Å². The van der Waals surface area contributed by atoms with E-state index in [9.17, 15) is 14.9 Å². The fourth-order valence-corrected chi connectivity index (χ4v) is 3.00. The Bertz CT molecular complexity index is 1040. The molecule has 1 amide bonds. The van der Waals surface area contributed by atoms with Gasteiger partial charge in [0.05, 0.1) is 49.0 Å². The molecule has 0 spiro atoms. The second kappa shape index (κ2) is 10.9. The van der Waals surface area contributed by atoms with Crippen molar-refractivity contribution in [1.82, 2.24) is 19.9 Å². The van der Waals surface area contributed by atoms with Crippen molar-refractivity contribution in [1.29, 1.82) is 10.5 Å². The highest BCUT2D eigenvalue weighted by molar-refractivity contribution is 5.93. The summed E-state index contributed by atoms with van der Waals surface area (Å²) in [6, 6.07) is 4.87. The van der Waals surface area contributed by atoms with Gasteiger partial charge in [-0.1, -0.05) is 0 Å². The van der Waals surface area contributed by atoms with E-state index in [0.29, 0.717) is 29.0 Å². The maximum atomic E-state index is 11.8. The zero-order valence-corrected chi connectivity index (χ0v) is 17.2. The van der Waals surface area contributed by atoms with E-state index < -0.39 is 6.04 Å². The molecule has 0 saturated heterocycles. The van der Waals surface area contributed by atoms with E-state index in [-0.39, 0.29) is 43.8 Å². The molecular formula is C21H22N8O3. The SMILES string of the molecule is N#CCN(CCO)C[C@@H](C=O)Nc1cc(-c2cnc(NC(=O)C3CC3)cn2)cnc1C#N. The van der Waals surface area contributed by atoms with Crippen LogP contribution in [0.1, 0.15) is 18.5 Å². The number of rotatable bonds is 11. The summed E-state index contributed by atoms with van der Waals surface area (Å²) in [5.74, 6) is 0.346. The normalized spacial score (nSPS) is 13.6. The van der Waals surface area contributed by atoms with E-state index in [1.807, 2.05) is 12.1 Å². The largest absolute Gasteiger partial charge is 0.395 e. The van der Waals surface area contributed by atoms with Crippen LogP contribution in [0, 0.1) is 28.6 Å². The average Bonchev–Trinajstić information content (AvgIpc) is 3.65. The van der Waals surface area contributed by atoms with Crippen LogP contribution in [0.5, 0.6) is 0 Å². The summed E-state index contributed by atoms with van der Waals surface area (Å²) in [6.45, 7) is 0.308. The van der Waals surface area contributed by atoms with Crippen LogP contribution >= 0.6 is 0 Å². The smallest absolute Gasteiger partial charge is 0.228 e. The summed E-state index contributed by atoms with van der Waals surface area (Å²) in [4.78, 5) is 37.7. The minimum absolute atomic E-state index is 0.0508. The van der Waals surface area contributed by atoms with Crippen molar-refractivity contribution in [3.8, 4) is 23.4 Å². The first-order valence-electron chi connectivity index (χ1n) is 10.0. The molecule has 0 aromatic carbocycles. The number of nitrogens with one attached hydrogen (secondary N) is 2. The fraction of sp³-hybridized carbons (Fsp3) is 0.381. The maximum Gasteiger partial charge on any atom is 0.228 e. The van der Waals surface area contributed by atoms with E-state index in [1.165, 1.54) is 18.6 Å². The molecular weight excluding hydrogens is 412 g/mol. The summed E-state index contributed by atoms with van der Waals surface area (Å²) < 4.78 is 0. The lowest BCUT2D eigenvalue weighted by molar-refractivity contribution is -0.117. The highest BCUT2D eigenvalue weighted by Crippen LogP contribution is 2.30. The third-order valence-corrected chi connectivity index (χ3v) is 4.81. The van der Waals surface area contributed by atoms with Crippen LogP contribution in [-0.2, 0) is 9.59 Å². The van der Waals surface area contributed by atoms with Gasteiger partial charge in [-0.25, -0.2) is 9.97 Å². The Kier molecular flexibility index (Phi) is 7.75. The Balaban J connectivity index is 1.75. The number of aliphatic hydroxyl groups is 1. The number of aromatic nitrogens is 3. The van der Waals surface area contributed by atoms with E-state index >= 15 is 0 Å². The van der Waals surface area contributed by atoms with Gasteiger partial charge in [-0.15, -0.1) is 0 Å². The Morgan fingerprint density at radius 3 is 2.69 bits per heavy atom. The van der Waals surface area contributed by atoms with E-state index in [0.717, 1.165) is 12.8 Å². The van der Waals surface area contributed by atoms with Gasteiger partial charge >= 0.3 is 0 Å². The zero-order valence-electron chi connectivity index (χ0n) is 17.2. The summed E-state index contributed by atoms with van der Waals surface area (Å²) >= 11 is 0. The van der Waals surface area contributed by atoms with Crippen molar-refractivity contribution < 1.29 is 14.7 Å². The van der Waals surface area contributed by atoms with Crippen LogP contribution in [0.3, 0.4) is 0 Å². The number of carbonyl (C=O) groups excluding carboxylic acids is 2. The summed E-state index contributed by atoms with van der Waals surface area (Å²) in [7, 11) is 0. The predicted molar refractivity (Wildman–Crippen MR) is 114 cm³/mol. The molecule has 2 aromatic heterocycles. The quantitative estimate of drug-likeness (QED) is 0.335. The number of nitrogens with zero attached hydrogens (tertiary/aromatic N) is 6. The Morgan fingerprint density at radius 1 is 1.28 bits per heavy atom. The number of aliphatic hydroxyl groups excluding tert-OH is 1. The second-order valence-electron chi connectivity index (χ2n) is 7.29. The summed E-state index contributed by atoms with van der Waals surface area (Å²) in [6.07, 6.45) is 6.86. The monoisotopic (exact) mass is 434 g/mol. The molecule has 1 aliphatic rings. The zero-order chi connectivity index (χ0) is 22.9. The number of hydrogen-bond donors (Lipinski definition) is 3. The minimum Gasteiger partial charge on any atom is -0.395 e.